The van der Waals surface area contributed by atoms with Gasteiger partial charge in [0.25, 0.3) is 5.88 Å². The van der Waals surface area contributed by atoms with E-state index in [9.17, 15) is 22.4 Å². The first-order valence-corrected chi connectivity index (χ1v) is 7.36. The minimum atomic E-state index is -4.61. The number of fused-ring (bicyclic) bond motifs is 1. The molecule has 0 radical (unpaired) electrons. The topological polar surface area (TPSA) is 75.0 Å². The van der Waals surface area contributed by atoms with Crippen LogP contribution in [0.15, 0.2) is 36.7 Å². The monoisotopic (exact) mass is 385 g/mol. The van der Waals surface area contributed by atoms with E-state index in [0.717, 1.165) is 12.3 Å². The Morgan fingerprint density at radius 1 is 1.26 bits per heavy atom. The molecule has 3 aromatic heterocycles. The van der Waals surface area contributed by atoms with Gasteiger partial charge >= 0.3 is 12.1 Å². The second-order valence-electron chi connectivity index (χ2n) is 5.22. The van der Waals surface area contributed by atoms with Crippen LogP contribution in [0.5, 0.6) is 17.4 Å². The summed E-state index contributed by atoms with van der Waals surface area (Å²) in [4.78, 5) is 15.1. The van der Waals surface area contributed by atoms with E-state index in [-0.39, 0.29) is 17.3 Å². The first kappa shape index (κ1) is 18.4. The summed E-state index contributed by atoms with van der Waals surface area (Å²) in [7, 11) is 1.21. The number of aromatic nitrogens is 3. The molecule has 142 valence electrons. The van der Waals surface area contributed by atoms with Gasteiger partial charge in [-0.25, -0.2) is 18.7 Å². The van der Waals surface area contributed by atoms with Gasteiger partial charge in [-0.1, -0.05) is 0 Å². The summed E-state index contributed by atoms with van der Waals surface area (Å²) in [5, 5.41) is 3.99. The van der Waals surface area contributed by atoms with Crippen LogP contribution >= 0.6 is 0 Å². The number of nitrogens with zero attached hydrogens (tertiary/aromatic N) is 3. The van der Waals surface area contributed by atoms with Crippen LogP contribution in [0.1, 0.15) is 10.5 Å². The van der Waals surface area contributed by atoms with Gasteiger partial charge < -0.3 is 14.2 Å². The smallest absolute Gasteiger partial charge is 0.422 e. The molecular formula is C16H11F4N3O4. The average molecular weight is 385 g/mol. The molecule has 3 aromatic rings. The second-order valence-corrected chi connectivity index (χ2v) is 5.22. The molecule has 0 aliphatic carbocycles. The first-order valence-electron chi connectivity index (χ1n) is 7.36. The van der Waals surface area contributed by atoms with Gasteiger partial charge in [0, 0.05) is 18.3 Å². The molecule has 11 heteroatoms. The molecule has 7 nitrogen and oxygen atoms in total. The van der Waals surface area contributed by atoms with Crippen molar-refractivity contribution in [2.75, 3.05) is 13.7 Å². The zero-order valence-corrected chi connectivity index (χ0v) is 13.7. The number of ether oxygens (including phenoxy) is 3. The zero-order valence-electron chi connectivity index (χ0n) is 13.7. The van der Waals surface area contributed by atoms with Crippen LogP contribution in [-0.4, -0.2) is 40.5 Å². The van der Waals surface area contributed by atoms with Gasteiger partial charge in [-0.2, -0.15) is 18.3 Å². The van der Waals surface area contributed by atoms with Crippen molar-refractivity contribution in [1.29, 1.82) is 0 Å². The van der Waals surface area contributed by atoms with Gasteiger partial charge in [-0.05, 0) is 12.1 Å². The predicted molar refractivity (Wildman–Crippen MR) is 82.4 cm³/mol. The van der Waals surface area contributed by atoms with E-state index in [2.05, 4.69) is 19.6 Å². The fourth-order valence-corrected chi connectivity index (χ4v) is 2.10. The molecule has 0 saturated carbocycles. The van der Waals surface area contributed by atoms with Crippen molar-refractivity contribution in [2.24, 2.45) is 0 Å². The Morgan fingerprint density at radius 3 is 2.74 bits per heavy atom. The third kappa shape index (κ3) is 4.43. The van der Waals surface area contributed by atoms with E-state index < -0.39 is 30.3 Å². The lowest BCUT2D eigenvalue weighted by Crippen LogP contribution is -2.19. The number of hydrogen-bond acceptors (Lipinski definition) is 6. The van der Waals surface area contributed by atoms with E-state index in [0.29, 0.717) is 5.52 Å². The summed E-state index contributed by atoms with van der Waals surface area (Å²) in [6, 6.07) is 5.05. The molecule has 0 bridgehead atoms. The lowest BCUT2D eigenvalue weighted by Gasteiger charge is -2.13. The normalized spacial score (nSPS) is 11.4. The van der Waals surface area contributed by atoms with E-state index >= 15 is 0 Å². The van der Waals surface area contributed by atoms with Crippen LogP contribution in [0.25, 0.3) is 5.52 Å². The van der Waals surface area contributed by atoms with Crippen molar-refractivity contribution in [2.45, 2.75) is 6.18 Å². The maximum absolute atomic E-state index is 13.3. The van der Waals surface area contributed by atoms with Crippen molar-refractivity contribution >= 4 is 11.5 Å². The van der Waals surface area contributed by atoms with Gasteiger partial charge in [-0.15, -0.1) is 0 Å². The lowest BCUT2D eigenvalue weighted by molar-refractivity contribution is -0.153. The molecule has 0 aromatic carbocycles. The molecule has 0 amide bonds. The highest BCUT2D eigenvalue weighted by Crippen LogP contribution is 2.31. The SMILES string of the molecule is COC(=O)c1cc2cc(Oc3ncc(F)cc3OCC(F)(F)F)ccn2n1. The van der Waals surface area contributed by atoms with Crippen molar-refractivity contribution in [3.05, 3.63) is 48.2 Å². The molecule has 0 N–H and O–H groups in total. The number of rotatable bonds is 5. The van der Waals surface area contributed by atoms with Crippen LogP contribution in [0, 0.1) is 5.82 Å². The van der Waals surface area contributed by atoms with Gasteiger partial charge in [0.05, 0.1) is 18.8 Å². The summed E-state index contributed by atoms with van der Waals surface area (Å²) in [5.41, 5.74) is 0.511. The molecule has 27 heavy (non-hydrogen) atoms. The Bertz CT molecular complexity index is 987. The van der Waals surface area contributed by atoms with Crippen LogP contribution in [-0.2, 0) is 4.74 Å². The number of methoxy groups -OCH3 is 1. The Kier molecular flexibility index (Phi) is 4.84. The molecule has 0 aliphatic rings. The summed E-state index contributed by atoms with van der Waals surface area (Å²) < 4.78 is 66.2. The van der Waals surface area contributed by atoms with Crippen molar-refractivity contribution in [3.63, 3.8) is 0 Å². The Balaban J connectivity index is 1.87. The fraction of sp³-hybridized carbons (Fsp3) is 0.188. The van der Waals surface area contributed by atoms with Gasteiger partial charge in [0.15, 0.2) is 18.1 Å². The van der Waals surface area contributed by atoms with E-state index in [1.807, 2.05) is 0 Å². The van der Waals surface area contributed by atoms with Crippen LogP contribution in [0.4, 0.5) is 17.6 Å². The Morgan fingerprint density at radius 2 is 2.04 bits per heavy atom. The maximum Gasteiger partial charge on any atom is 0.422 e. The number of esters is 1. The third-order valence-corrected chi connectivity index (χ3v) is 3.22. The van der Waals surface area contributed by atoms with Crippen molar-refractivity contribution in [3.8, 4) is 17.4 Å². The number of alkyl halides is 3. The lowest BCUT2D eigenvalue weighted by atomic mass is 10.3. The quantitative estimate of drug-likeness (QED) is 0.495. The average Bonchev–Trinajstić information content (AvgIpc) is 3.04. The van der Waals surface area contributed by atoms with Crippen LogP contribution in [0.3, 0.4) is 0 Å². The zero-order chi connectivity index (χ0) is 19.6. The fourth-order valence-electron chi connectivity index (χ4n) is 2.10. The molecular weight excluding hydrogens is 374 g/mol. The minimum Gasteiger partial charge on any atom is -0.478 e. The molecule has 3 heterocycles. The molecule has 0 unspecified atom stereocenters. The third-order valence-electron chi connectivity index (χ3n) is 3.22. The number of hydrogen-bond donors (Lipinski definition) is 0. The van der Waals surface area contributed by atoms with E-state index in [1.54, 1.807) is 0 Å². The number of carbonyl (C=O) groups is 1. The standard InChI is InChI=1S/C16H11F4N3O4/c1-25-15(24)12-6-10-5-11(2-3-23(10)22-12)27-14-13(4-9(17)7-21-14)26-8-16(18,19)20/h2-7H,8H2,1H3. The van der Waals surface area contributed by atoms with Crippen LogP contribution in [0.2, 0.25) is 0 Å². The molecule has 0 atom stereocenters. The number of carbonyl (C=O) groups excluding carboxylic acids is 1. The Hall–Kier alpha value is -3.37. The Labute approximate surface area is 149 Å². The molecule has 3 rings (SSSR count). The summed E-state index contributed by atoms with van der Waals surface area (Å²) >= 11 is 0. The molecule has 0 spiro atoms. The van der Waals surface area contributed by atoms with Gasteiger partial charge in [0.2, 0.25) is 0 Å². The van der Waals surface area contributed by atoms with Gasteiger partial charge in [0.1, 0.15) is 11.6 Å². The summed E-state index contributed by atoms with van der Waals surface area (Å²) in [6.07, 6.45) is -2.37. The largest absolute Gasteiger partial charge is 0.478 e. The molecule has 0 fully saturated rings. The van der Waals surface area contributed by atoms with E-state index in [4.69, 9.17) is 4.74 Å². The summed E-state index contributed by atoms with van der Waals surface area (Å²) in [6.45, 7) is -1.63. The highest BCUT2D eigenvalue weighted by atomic mass is 19.4. The second kappa shape index (κ2) is 7.09. The maximum atomic E-state index is 13.3. The minimum absolute atomic E-state index is 0.0590. The van der Waals surface area contributed by atoms with Crippen LogP contribution < -0.4 is 9.47 Å². The highest BCUT2D eigenvalue weighted by molar-refractivity contribution is 5.88. The summed E-state index contributed by atoms with van der Waals surface area (Å²) in [5.74, 6) is -2.21. The highest BCUT2D eigenvalue weighted by Gasteiger charge is 2.29. The molecule has 0 saturated heterocycles. The van der Waals surface area contributed by atoms with E-state index in [1.165, 1.54) is 36.0 Å². The first-order chi connectivity index (χ1) is 12.7. The van der Waals surface area contributed by atoms with Gasteiger partial charge in [-0.3, -0.25) is 0 Å². The predicted octanol–water partition coefficient (Wildman–Crippen LogP) is 3.39. The molecule has 0 aliphatic heterocycles. The number of pyridine rings is 2. The van der Waals surface area contributed by atoms with Crippen molar-refractivity contribution < 1.29 is 36.6 Å². The number of halogens is 4. The van der Waals surface area contributed by atoms with Crippen molar-refractivity contribution in [1.82, 2.24) is 14.6 Å².